The molecule has 2 aromatic carbocycles. The summed E-state index contributed by atoms with van der Waals surface area (Å²) in [6.07, 6.45) is 1.56. The molecule has 0 spiro atoms. The van der Waals surface area contributed by atoms with Gasteiger partial charge in [0.1, 0.15) is 12.4 Å². The number of rotatable bonds is 9. The van der Waals surface area contributed by atoms with Gasteiger partial charge in [0.2, 0.25) is 0 Å². The average molecular weight is 419 g/mol. The molecule has 0 bridgehead atoms. The minimum absolute atomic E-state index is 0.339. The molecule has 1 unspecified atom stereocenters. The van der Waals surface area contributed by atoms with Gasteiger partial charge in [0.05, 0.1) is 0 Å². The van der Waals surface area contributed by atoms with Crippen molar-refractivity contribution in [3.05, 3.63) is 70.2 Å². The van der Waals surface area contributed by atoms with Crippen molar-refractivity contribution in [1.29, 1.82) is 0 Å². The molecule has 4 nitrogen and oxygen atoms in total. The molecule has 5 heteroatoms. The van der Waals surface area contributed by atoms with Gasteiger partial charge in [0, 0.05) is 17.5 Å². The number of carbonyl (C=O) groups is 1. The summed E-state index contributed by atoms with van der Waals surface area (Å²) in [4.78, 5) is 11.1. The number of carboxylic acids is 1. The normalized spacial score (nSPS) is 12.7. The number of hydrogen-bond acceptors (Lipinski definition) is 3. The van der Waals surface area contributed by atoms with E-state index >= 15 is 0 Å². The number of carboxylic acid groups (broad SMARTS) is 1. The van der Waals surface area contributed by atoms with Crippen LogP contribution in [0.25, 0.3) is 5.57 Å². The highest BCUT2D eigenvalue weighted by Crippen LogP contribution is 2.18. The molecule has 0 fully saturated rings. The third-order valence-corrected chi connectivity index (χ3v) is 4.46. The fourth-order valence-electron chi connectivity index (χ4n) is 2.45. The Labute approximate surface area is 162 Å². The lowest BCUT2D eigenvalue weighted by Gasteiger charge is -2.12. The highest BCUT2D eigenvalue weighted by Gasteiger charge is 2.17. The van der Waals surface area contributed by atoms with Crippen LogP contribution in [0.2, 0.25) is 0 Å². The number of ether oxygens (including phenoxy) is 2. The Balaban J connectivity index is 1.89. The van der Waals surface area contributed by atoms with Gasteiger partial charge in [-0.2, -0.15) is 0 Å². The molecule has 0 aromatic heterocycles. The maximum absolute atomic E-state index is 11.1. The fraction of sp³-hybridized carbons (Fsp3) is 0.286. The molecule has 138 valence electrons. The van der Waals surface area contributed by atoms with E-state index in [1.165, 1.54) is 0 Å². The van der Waals surface area contributed by atoms with Crippen LogP contribution < -0.4 is 4.74 Å². The van der Waals surface area contributed by atoms with E-state index in [1.807, 2.05) is 42.5 Å². The molecule has 0 saturated heterocycles. The molecular formula is C21H23BrO4. The first kappa shape index (κ1) is 20.2. The van der Waals surface area contributed by atoms with E-state index in [1.54, 1.807) is 6.92 Å². The van der Waals surface area contributed by atoms with Crippen molar-refractivity contribution in [3.63, 3.8) is 0 Å². The third kappa shape index (κ3) is 6.32. The Hall–Kier alpha value is -2.11. The Bertz CT molecular complexity index is 736. The second kappa shape index (κ2) is 10.1. The molecule has 2 aromatic rings. The van der Waals surface area contributed by atoms with E-state index in [0.29, 0.717) is 19.6 Å². The van der Waals surface area contributed by atoms with Gasteiger partial charge in [-0.1, -0.05) is 40.2 Å². The summed E-state index contributed by atoms with van der Waals surface area (Å²) in [7, 11) is 0. The summed E-state index contributed by atoms with van der Waals surface area (Å²) >= 11 is 3.43. The van der Waals surface area contributed by atoms with Crippen molar-refractivity contribution >= 4 is 27.5 Å². The number of halogens is 1. The molecule has 1 atom stereocenters. The number of hydrogen-bond donors (Lipinski definition) is 1. The molecule has 0 saturated carbocycles. The van der Waals surface area contributed by atoms with Crippen molar-refractivity contribution < 1.29 is 19.4 Å². The van der Waals surface area contributed by atoms with E-state index in [2.05, 4.69) is 35.0 Å². The van der Waals surface area contributed by atoms with Crippen LogP contribution in [0.1, 0.15) is 25.0 Å². The zero-order chi connectivity index (χ0) is 18.9. The van der Waals surface area contributed by atoms with Crippen LogP contribution in [0.3, 0.4) is 0 Å². The summed E-state index contributed by atoms with van der Waals surface area (Å²) in [5.74, 6) is -0.197. The van der Waals surface area contributed by atoms with Crippen LogP contribution in [-0.2, 0) is 16.0 Å². The summed E-state index contributed by atoms with van der Waals surface area (Å²) in [5.41, 5.74) is 3.21. The first-order valence-electron chi connectivity index (χ1n) is 8.48. The van der Waals surface area contributed by atoms with Gasteiger partial charge in [0.15, 0.2) is 6.10 Å². The van der Waals surface area contributed by atoms with Crippen LogP contribution >= 0.6 is 15.9 Å². The minimum Gasteiger partial charge on any atom is -0.490 e. The molecular weight excluding hydrogens is 396 g/mol. The Kier molecular flexibility index (Phi) is 7.88. The van der Waals surface area contributed by atoms with Crippen molar-refractivity contribution in [3.8, 4) is 5.75 Å². The molecule has 0 amide bonds. The summed E-state index contributed by atoms with van der Waals surface area (Å²) in [6.45, 7) is 4.69. The second-order valence-electron chi connectivity index (χ2n) is 5.84. The summed E-state index contributed by atoms with van der Waals surface area (Å²) in [6, 6.07) is 15.6. The smallest absolute Gasteiger partial charge is 0.333 e. The number of allylic oxidation sites excluding steroid dienone is 1. The highest BCUT2D eigenvalue weighted by atomic mass is 79.9. The topological polar surface area (TPSA) is 55.8 Å². The molecule has 0 aliphatic heterocycles. The van der Waals surface area contributed by atoms with E-state index < -0.39 is 12.1 Å². The monoisotopic (exact) mass is 418 g/mol. The van der Waals surface area contributed by atoms with Gasteiger partial charge < -0.3 is 14.6 Å². The first-order chi connectivity index (χ1) is 12.5. The lowest BCUT2D eigenvalue weighted by Crippen LogP contribution is -2.26. The zero-order valence-corrected chi connectivity index (χ0v) is 16.5. The van der Waals surface area contributed by atoms with Crippen molar-refractivity contribution in [2.75, 3.05) is 13.2 Å². The Morgan fingerprint density at radius 3 is 2.38 bits per heavy atom. The summed E-state index contributed by atoms with van der Waals surface area (Å²) < 4.78 is 12.0. The standard InChI is InChI=1S/C21H23BrO4/c1-3-25-20(21(23)24)14-16-4-10-19(11-5-16)26-13-12-15(2)17-6-8-18(22)9-7-17/h4-12,20H,3,13-14H2,1-2H3,(H,23,24)/b15-12-. The van der Waals surface area contributed by atoms with Gasteiger partial charge in [-0.25, -0.2) is 4.79 Å². The van der Waals surface area contributed by atoms with Crippen LogP contribution in [0.5, 0.6) is 5.75 Å². The van der Waals surface area contributed by atoms with Crippen molar-refractivity contribution in [1.82, 2.24) is 0 Å². The van der Waals surface area contributed by atoms with Gasteiger partial charge in [-0.3, -0.25) is 0 Å². The maximum Gasteiger partial charge on any atom is 0.333 e. The van der Waals surface area contributed by atoms with Crippen LogP contribution in [-0.4, -0.2) is 30.4 Å². The second-order valence-corrected chi connectivity index (χ2v) is 6.75. The van der Waals surface area contributed by atoms with Gasteiger partial charge in [-0.15, -0.1) is 0 Å². The zero-order valence-electron chi connectivity index (χ0n) is 14.9. The average Bonchev–Trinajstić information content (AvgIpc) is 2.63. The molecule has 0 aliphatic carbocycles. The van der Waals surface area contributed by atoms with Crippen LogP contribution in [0.15, 0.2) is 59.1 Å². The lowest BCUT2D eigenvalue weighted by atomic mass is 10.1. The largest absolute Gasteiger partial charge is 0.490 e. The fourth-order valence-corrected chi connectivity index (χ4v) is 2.71. The van der Waals surface area contributed by atoms with Crippen LogP contribution in [0.4, 0.5) is 0 Å². The Morgan fingerprint density at radius 2 is 1.81 bits per heavy atom. The van der Waals surface area contributed by atoms with Crippen LogP contribution in [0, 0.1) is 0 Å². The Morgan fingerprint density at radius 1 is 1.15 bits per heavy atom. The predicted molar refractivity (Wildman–Crippen MR) is 106 cm³/mol. The highest BCUT2D eigenvalue weighted by molar-refractivity contribution is 9.10. The first-order valence-corrected chi connectivity index (χ1v) is 9.27. The quantitative estimate of drug-likeness (QED) is 0.624. The number of aliphatic carboxylic acids is 1. The lowest BCUT2D eigenvalue weighted by molar-refractivity contribution is -0.149. The van der Waals surface area contributed by atoms with E-state index in [9.17, 15) is 4.79 Å². The number of benzene rings is 2. The minimum atomic E-state index is -0.944. The molecule has 26 heavy (non-hydrogen) atoms. The van der Waals surface area contributed by atoms with Crippen molar-refractivity contribution in [2.24, 2.45) is 0 Å². The summed E-state index contributed by atoms with van der Waals surface area (Å²) in [5, 5.41) is 9.14. The molecule has 1 N–H and O–H groups in total. The molecule has 0 aliphatic rings. The van der Waals surface area contributed by atoms with Crippen molar-refractivity contribution in [2.45, 2.75) is 26.4 Å². The SMILES string of the molecule is CCOC(Cc1ccc(OC/C=C(/C)c2ccc(Br)cc2)cc1)C(=O)O. The molecule has 0 radical (unpaired) electrons. The van der Waals surface area contributed by atoms with Gasteiger partial charge in [0.25, 0.3) is 0 Å². The van der Waals surface area contributed by atoms with E-state index in [0.717, 1.165) is 26.9 Å². The molecule has 0 heterocycles. The molecule has 2 rings (SSSR count). The van der Waals surface area contributed by atoms with Gasteiger partial charge >= 0.3 is 5.97 Å². The van der Waals surface area contributed by atoms with Gasteiger partial charge in [-0.05, 0) is 60.9 Å². The third-order valence-electron chi connectivity index (χ3n) is 3.93. The van der Waals surface area contributed by atoms with E-state index in [4.69, 9.17) is 14.6 Å². The predicted octanol–water partition coefficient (Wildman–Crippen LogP) is 4.96. The maximum atomic E-state index is 11.1. The van der Waals surface area contributed by atoms with E-state index in [-0.39, 0.29) is 0 Å².